The van der Waals surface area contributed by atoms with Crippen LogP contribution in [0.25, 0.3) is 0 Å². The number of hydrogen-bond donors (Lipinski definition) is 2. The molecule has 0 atom stereocenters. The number of sulfonamides is 1. The minimum Gasteiger partial charge on any atom is -0.307 e. The Morgan fingerprint density at radius 3 is 2.17 bits per heavy atom. The quantitative estimate of drug-likeness (QED) is 0.681. The van der Waals surface area contributed by atoms with Crippen molar-refractivity contribution in [1.29, 1.82) is 5.26 Å². The Morgan fingerprint density at radius 1 is 1.21 bits per heavy atom. The maximum Gasteiger partial charge on any atom is 0.332 e. The van der Waals surface area contributed by atoms with E-state index in [2.05, 4.69) is 16.1 Å². The van der Waals surface area contributed by atoms with Crippen molar-refractivity contribution in [3.05, 3.63) is 29.1 Å². The smallest absolute Gasteiger partial charge is 0.307 e. The van der Waals surface area contributed by atoms with Crippen LogP contribution in [-0.4, -0.2) is 44.2 Å². The molecule has 1 heterocycles. The fraction of sp³-hybridized carbons (Fsp3) is 0.600. The third-order valence-electron chi connectivity index (χ3n) is 5.15. The summed E-state index contributed by atoms with van der Waals surface area (Å²) in [5, 5.41) is 10.7. The van der Waals surface area contributed by atoms with Gasteiger partial charge >= 0.3 is 6.03 Å². The maximum atomic E-state index is 14.0. The number of piperidine rings is 1. The number of likely N-dealkylation sites (tertiary alicyclic amines) is 1. The summed E-state index contributed by atoms with van der Waals surface area (Å²) < 4.78 is 41.4. The molecule has 9 heteroatoms. The first-order valence-electron chi connectivity index (χ1n) is 9.80. The van der Waals surface area contributed by atoms with Gasteiger partial charge in [0.2, 0.25) is 10.0 Å². The van der Waals surface area contributed by atoms with Crippen molar-refractivity contribution >= 4 is 21.7 Å². The Hall–Kier alpha value is -2.18. The van der Waals surface area contributed by atoms with Crippen LogP contribution in [0.15, 0.2) is 12.1 Å². The van der Waals surface area contributed by atoms with Crippen LogP contribution in [0.3, 0.4) is 0 Å². The molecule has 1 aromatic rings. The number of hydrogen-bond acceptors (Lipinski definition) is 5. The second-order valence-electron chi connectivity index (χ2n) is 8.00. The zero-order chi connectivity index (χ0) is 21.8. The zero-order valence-corrected chi connectivity index (χ0v) is 18.1. The summed E-state index contributed by atoms with van der Waals surface area (Å²) in [6.45, 7) is 8.78. The topological polar surface area (TPSA) is 102 Å². The lowest BCUT2D eigenvalue weighted by Gasteiger charge is -2.29. The van der Waals surface area contributed by atoms with Gasteiger partial charge in [-0.15, -0.1) is 0 Å². The number of halogens is 1. The normalized spacial score (nSPS) is 16.1. The maximum absolute atomic E-state index is 14.0. The molecule has 1 saturated heterocycles. The number of nitrogens with one attached hydrogen (secondary N) is 2. The van der Waals surface area contributed by atoms with Gasteiger partial charge in [-0.3, -0.25) is 4.90 Å². The monoisotopic (exact) mass is 424 g/mol. The third kappa shape index (κ3) is 5.90. The molecule has 1 aliphatic rings. The second kappa shape index (κ2) is 9.55. The highest BCUT2D eigenvalue weighted by molar-refractivity contribution is 7.90. The summed E-state index contributed by atoms with van der Waals surface area (Å²) in [5.74, 6) is -0.501. The highest BCUT2D eigenvalue weighted by Crippen LogP contribution is 2.33. The number of rotatable bonds is 6. The highest BCUT2D eigenvalue weighted by atomic mass is 32.2. The number of carbonyl (C=O) groups is 1. The number of amides is 2. The Kier molecular flexibility index (Phi) is 7.60. The summed E-state index contributed by atoms with van der Waals surface area (Å²) in [6, 6.07) is 3.94. The SMILES string of the molecule is CC(C)c1cc(F)cc(C(C)C)c1NC(=O)NS(=O)(=O)C1CCN(CC#N)CC1. The summed E-state index contributed by atoms with van der Waals surface area (Å²) in [6.07, 6.45) is 0.713. The standard InChI is InChI=1S/C20H29FN4O3S/c1-13(2)17-11-15(21)12-18(14(3)4)19(17)23-20(26)24-29(27,28)16-5-8-25(9-6-16)10-7-22/h11-14,16H,5-6,8-10H2,1-4H3,(H2,23,24,26). The molecule has 2 amide bonds. The number of benzene rings is 1. The molecule has 0 aromatic heterocycles. The van der Waals surface area contributed by atoms with Gasteiger partial charge in [0.25, 0.3) is 0 Å². The van der Waals surface area contributed by atoms with Gasteiger partial charge in [0.15, 0.2) is 0 Å². The predicted molar refractivity (Wildman–Crippen MR) is 111 cm³/mol. The van der Waals surface area contributed by atoms with Crippen molar-refractivity contribution < 1.29 is 17.6 Å². The van der Waals surface area contributed by atoms with E-state index < -0.39 is 21.3 Å². The summed E-state index contributed by atoms with van der Waals surface area (Å²) in [5.41, 5.74) is 1.69. The minimum atomic E-state index is -3.86. The first kappa shape index (κ1) is 23.1. The predicted octanol–water partition coefficient (Wildman–Crippen LogP) is 3.51. The van der Waals surface area contributed by atoms with Crippen molar-refractivity contribution in [3.8, 4) is 6.07 Å². The Bertz CT molecular complexity index is 856. The van der Waals surface area contributed by atoms with Crippen LogP contribution >= 0.6 is 0 Å². The molecular formula is C20H29FN4O3S. The van der Waals surface area contributed by atoms with E-state index in [-0.39, 0.29) is 24.2 Å². The molecule has 1 aromatic carbocycles. The Morgan fingerprint density at radius 2 is 1.72 bits per heavy atom. The van der Waals surface area contributed by atoms with E-state index in [1.54, 1.807) is 0 Å². The van der Waals surface area contributed by atoms with Crippen LogP contribution in [-0.2, 0) is 10.0 Å². The van der Waals surface area contributed by atoms with Crippen LogP contribution < -0.4 is 10.0 Å². The van der Waals surface area contributed by atoms with E-state index in [0.717, 1.165) is 0 Å². The molecule has 2 N–H and O–H groups in total. The van der Waals surface area contributed by atoms with Crippen LogP contribution in [0.1, 0.15) is 63.5 Å². The van der Waals surface area contributed by atoms with Crippen molar-refractivity contribution in [1.82, 2.24) is 9.62 Å². The van der Waals surface area contributed by atoms with Crippen LogP contribution in [0.4, 0.5) is 14.9 Å². The average Bonchev–Trinajstić information content (AvgIpc) is 2.62. The van der Waals surface area contributed by atoms with Crippen molar-refractivity contribution in [3.63, 3.8) is 0 Å². The fourth-order valence-corrected chi connectivity index (χ4v) is 4.84. The van der Waals surface area contributed by atoms with Gasteiger partial charge in [-0.2, -0.15) is 5.26 Å². The van der Waals surface area contributed by atoms with Gasteiger partial charge in [0.05, 0.1) is 17.9 Å². The van der Waals surface area contributed by atoms with Crippen LogP contribution in [0, 0.1) is 17.1 Å². The molecule has 7 nitrogen and oxygen atoms in total. The summed E-state index contributed by atoms with van der Waals surface area (Å²) >= 11 is 0. The van der Waals surface area contributed by atoms with Gasteiger partial charge < -0.3 is 5.32 Å². The van der Waals surface area contributed by atoms with Gasteiger partial charge in [-0.05, 0) is 47.9 Å². The summed E-state index contributed by atoms with van der Waals surface area (Å²) in [7, 11) is -3.86. The van der Waals surface area contributed by atoms with Crippen LogP contribution in [0.2, 0.25) is 0 Å². The molecule has 0 aliphatic carbocycles. The molecule has 29 heavy (non-hydrogen) atoms. The number of nitrogens with zero attached hydrogens (tertiary/aromatic N) is 2. The summed E-state index contributed by atoms with van der Waals surface area (Å²) in [4.78, 5) is 14.4. The third-order valence-corrected chi connectivity index (χ3v) is 6.97. The van der Waals surface area contributed by atoms with Crippen molar-refractivity contribution in [2.45, 2.75) is 57.6 Å². The van der Waals surface area contributed by atoms with Gasteiger partial charge in [0.1, 0.15) is 5.82 Å². The lowest BCUT2D eigenvalue weighted by molar-refractivity contribution is 0.251. The molecule has 1 fully saturated rings. The molecule has 1 aliphatic heterocycles. The zero-order valence-electron chi connectivity index (χ0n) is 17.3. The molecule has 0 radical (unpaired) electrons. The van der Waals surface area contributed by atoms with E-state index >= 15 is 0 Å². The largest absolute Gasteiger partial charge is 0.332 e. The minimum absolute atomic E-state index is 0.0560. The molecule has 0 saturated carbocycles. The van der Waals surface area contributed by atoms with E-state index in [9.17, 15) is 17.6 Å². The average molecular weight is 425 g/mol. The van der Waals surface area contributed by atoms with Gasteiger partial charge in [0, 0.05) is 18.8 Å². The van der Waals surface area contributed by atoms with Crippen LogP contribution in [0.5, 0.6) is 0 Å². The van der Waals surface area contributed by atoms with Crippen molar-refractivity contribution in [2.24, 2.45) is 0 Å². The fourth-order valence-electron chi connectivity index (χ4n) is 3.53. The van der Waals surface area contributed by atoms with Gasteiger partial charge in [-0.25, -0.2) is 22.3 Å². The Labute approximate surface area is 172 Å². The molecule has 0 unspecified atom stereocenters. The number of carbonyl (C=O) groups excluding carboxylic acids is 1. The molecular weight excluding hydrogens is 395 g/mol. The molecule has 2 rings (SSSR count). The first-order chi connectivity index (χ1) is 13.5. The molecule has 0 spiro atoms. The Balaban J connectivity index is 2.16. The number of nitriles is 1. The van der Waals surface area contributed by atoms with E-state index in [1.165, 1.54) is 12.1 Å². The second-order valence-corrected chi connectivity index (χ2v) is 9.96. The first-order valence-corrected chi connectivity index (χ1v) is 11.3. The molecule has 160 valence electrons. The van der Waals surface area contributed by atoms with E-state index in [0.29, 0.717) is 42.7 Å². The molecule has 0 bridgehead atoms. The van der Waals surface area contributed by atoms with Crippen molar-refractivity contribution in [2.75, 3.05) is 25.0 Å². The van der Waals surface area contributed by atoms with E-state index in [4.69, 9.17) is 5.26 Å². The van der Waals surface area contributed by atoms with Gasteiger partial charge in [-0.1, -0.05) is 27.7 Å². The number of anilines is 1. The lowest BCUT2D eigenvalue weighted by atomic mass is 9.92. The lowest BCUT2D eigenvalue weighted by Crippen LogP contribution is -2.46. The number of urea groups is 1. The van der Waals surface area contributed by atoms with E-state index in [1.807, 2.05) is 32.6 Å². The highest BCUT2D eigenvalue weighted by Gasteiger charge is 2.31.